The third-order valence-corrected chi connectivity index (χ3v) is 4.50. The minimum atomic E-state index is -5.82. The molecule has 0 aromatic carbocycles. The number of hydrogen-bond acceptors (Lipinski definition) is 4. The summed E-state index contributed by atoms with van der Waals surface area (Å²) in [6.45, 7) is 0. The highest BCUT2D eigenvalue weighted by atomic mass is 32.2. The molecule has 0 saturated carbocycles. The molecule has 10 heteroatoms. The number of carbonyl (C=O) groups excluding carboxylic acids is 1. The number of carbonyl (C=O) groups is 1. The second-order valence-electron chi connectivity index (χ2n) is 4.64. The Labute approximate surface area is 119 Å². The van der Waals surface area contributed by atoms with Gasteiger partial charge in [-0.2, -0.15) is 22.0 Å². The van der Waals surface area contributed by atoms with Gasteiger partial charge in [0.2, 0.25) is 0 Å². The van der Waals surface area contributed by atoms with Crippen LogP contribution in [0.2, 0.25) is 0 Å². The summed E-state index contributed by atoms with van der Waals surface area (Å²) in [6.07, 6.45) is -6.72. The molecule has 120 valence electrons. The molecule has 0 aromatic rings. The van der Waals surface area contributed by atoms with Gasteiger partial charge in [0.1, 0.15) is 11.7 Å². The van der Waals surface area contributed by atoms with Crippen molar-refractivity contribution in [3.05, 3.63) is 12.2 Å². The minimum absolute atomic E-state index is 0.403. The van der Waals surface area contributed by atoms with E-state index in [0.29, 0.717) is 23.9 Å². The van der Waals surface area contributed by atoms with Gasteiger partial charge in [-0.15, -0.1) is 11.8 Å². The first kappa shape index (κ1) is 16.5. The summed E-state index contributed by atoms with van der Waals surface area (Å²) in [6, 6.07) is 0. The number of methoxy groups -OCH3 is 1. The van der Waals surface area contributed by atoms with Gasteiger partial charge in [-0.3, -0.25) is 4.79 Å². The van der Waals surface area contributed by atoms with E-state index in [1.165, 1.54) is 0 Å². The third kappa shape index (κ3) is 2.06. The summed E-state index contributed by atoms with van der Waals surface area (Å²) >= 11 is 0.528. The lowest BCUT2D eigenvalue weighted by Gasteiger charge is -2.39. The first-order chi connectivity index (χ1) is 9.52. The molecule has 1 fully saturated rings. The molecule has 0 amide bonds. The van der Waals surface area contributed by atoms with Crippen LogP contribution in [0, 0.1) is 0 Å². The molecule has 3 nitrogen and oxygen atoms in total. The molecule has 0 N–H and O–H groups in total. The summed E-state index contributed by atoms with van der Waals surface area (Å²) < 4.78 is 89.4. The quantitative estimate of drug-likeness (QED) is 0.449. The SMILES string of the molecule is COC(=O)CSC[C@]12C=C[C@H](O1)C(F)(F)C2(F)C(F)(F)F. The van der Waals surface area contributed by atoms with E-state index in [1.807, 2.05) is 0 Å². The molecule has 2 bridgehead atoms. The highest BCUT2D eigenvalue weighted by Crippen LogP contribution is 2.63. The van der Waals surface area contributed by atoms with E-state index < -0.39 is 46.9 Å². The summed E-state index contributed by atoms with van der Waals surface area (Å²) in [5, 5.41) is 0. The van der Waals surface area contributed by atoms with Crippen LogP contribution < -0.4 is 0 Å². The van der Waals surface area contributed by atoms with E-state index in [2.05, 4.69) is 9.47 Å². The number of rotatable bonds is 4. The molecule has 0 radical (unpaired) electrons. The Kier molecular flexibility index (Phi) is 3.77. The lowest BCUT2D eigenvalue weighted by atomic mass is 9.77. The van der Waals surface area contributed by atoms with Crippen LogP contribution in [0.1, 0.15) is 0 Å². The van der Waals surface area contributed by atoms with E-state index >= 15 is 0 Å². The number of thioether (sulfide) groups is 1. The largest absolute Gasteiger partial charge is 0.468 e. The Morgan fingerprint density at radius 3 is 2.52 bits per heavy atom. The topological polar surface area (TPSA) is 35.5 Å². The Hall–Kier alpha value is -0.900. The number of ether oxygens (including phenoxy) is 2. The Morgan fingerprint density at radius 1 is 1.38 bits per heavy atom. The first-order valence-corrected chi connectivity index (χ1v) is 6.82. The first-order valence-electron chi connectivity index (χ1n) is 5.67. The van der Waals surface area contributed by atoms with Crippen molar-refractivity contribution in [1.82, 2.24) is 0 Å². The zero-order chi connectivity index (χ0) is 16.1. The van der Waals surface area contributed by atoms with Crippen molar-refractivity contribution < 1.29 is 40.6 Å². The Bertz CT molecular complexity index is 479. The van der Waals surface area contributed by atoms with E-state index in [1.54, 1.807) is 0 Å². The highest BCUT2D eigenvalue weighted by Gasteiger charge is 2.88. The van der Waals surface area contributed by atoms with Gasteiger partial charge >= 0.3 is 23.7 Å². The van der Waals surface area contributed by atoms with Crippen LogP contribution >= 0.6 is 11.8 Å². The monoisotopic (exact) mass is 336 g/mol. The number of alkyl halides is 6. The number of esters is 1. The van der Waals surface area contributed by atoms with Crippen molar-refractivity contribution in [2.24, 2.45) is 0 Å². The van der Waals surface area contributed by atoms with E-state index in [0.717, 1.165) is 7.11 Å². The predicted octanol–water partition coefficient (Wildman–Crippen LogP) is 2.51. The van der Waals surface area contributed by atoms with Crippen LogP contribution in [0.4, 0.5) is 26.3 Å². The normalized spacial score (nSPS) is 37.0. The van der Waals surface area contributed by atoms with Crippen LogP contribution in [0.5, 0.6) is 0 Å². The Balaban J connectivity index is 2.29. The molecule has 0 aromatic heterocycles. The van der Waals surface area contributed by atoms with Crippen molar-refractivity contribution in [3.8, 4) is 0 Å². The van der Waals surface area contributed by atoms with Gasteiger partial charge in [-0.25, -0.2) is 4.39 Å². The van der Waals surface area contributed by atoms with Gasteiger partial charge in [0.15, 0.2) is 0 Å². The van der Waals surface area contributed by atoms with Gasteiger partial charge in [0.25, 0.3) is 0 Å². The second-order valence-corrected chi connectivity index (χ2v) is 5.62. The fourth-order valence-electron chi connectivity index (χ4n) is 2.37. The van der Waals surface area contributed by atoms with Crippen molar-refractivity contribution in [2.75, 3.05) is 18.6 Å². The average Bonchev–Trinajstić information content (AvgIpc) is 2.87. The zero-order valence-corrected chi connectivity index (χ0v) is 11.4. The molecule has 3 atom stereocenters. The molecule has 0 aliphatic carbocycles. The van der Waals surface area contributed by atoms with Gasteiger partial charge in [-0.1, -0.05) is 6.08 Å². The average molecular weight is 336 g/mol. The summed E-state index contributed by atoms with van der Waals surface area (Å²) in [5.41, 5.74) is -7.69. The second kappa shape index (κ2) is 4.80. The van der Waals surface area contributed by atoms with Crippen molar-refractivity contribution >= 4 is 17.7 Å². The maximum absolute atomic E-state index is 14.4. The maximum atomic E-state index is 14.4. The molecular weight excluding hydrogens is 326 g/mol. The molecule has 2 rings (SSSR count). The van der Waals surface area contributed by atoms with E-state index in [-0.39, 0.29) is 0 Å². The van der Waals surface area contributed by atoms with Crippen molar-refractivity contribution in [3.63, 3.8) is 0 Å². The van der Waals surface area contributed by atoms with E-state index in [4.69, 9.17) is 0 Å². The number of fused-ring (bicyclic) bond motifs is 2. The molecule has 1 unspecified atom stereocenters. The summed E-state index contributed by atoms with van der Waals surface area (Å²) in [5.74, 6) is -6.69. The third-order valence-electron chi connectivity index (χ3n) is 3.43. The number of halogens is 6. The lowest BCUT2D eigenvalue weighted by molar-refractivity contribution is -0.306. The molecule has 2 aliphatic rings. The molecule has 0 spiro atoms. The Morgan fingerprint density at radius 2 is 2.00 bits per heavy atom. The van der Waals surface area contributed by atoms with Gasteiger partial charge in [0.05, 0.1) is 12.9 Å². The molecule has 2 aliphatic heterocycles. The fraction of sp³-hybridized carbons (Fsp3) is 0.727. The van der Waals surface area contributed by atoms with Crippen LogP contribution in [0.15, 0.2) is 12.2 Å². The predicted molar refractivity (Wildman–Crippen MR) is 60.9 cm³/mol. The van der Waals surface area contributed by atoms with Crippen molar-refractivity contribution in [2.45, 2.75) is 29.5 Å². The molecule has 21 heavy (non-hydrogen) atoms. The molecule has 1 saturated heterocycles. The van der Waals surface area contributed by atoms with Gasteiger partial charge < -0.3 is 9.47 Å². The van der Waals surface area contributed by atoms with Crippen LogP contribution in [-0.4, -0.2) is 54.1 Å². The minimum Gasteiger partial charge on any atom is -0.468 e. The maximum Gasteiger partial charge on any atom is 0.431 e. The van der Waals surface area contributed by atoms with Gasteiger partial charge in [0, 0.05) is 5.75 Å². The van der Waals surface area contributed by atoms with E-state index in [9.17, 15) is 31.1 Å². The molecular formula is C11H10F6O3S. The summed E-state index contributed by atoms with van der Waals surface area (Å²) in [4.78, 5) is 10.9. The van der Waals surface area contributed by atoms with Crippen LogP contribution in [0.25, 0.3) is 0 Å². The number of hydrogen-bond donors (Lipinski definition) is 0. The molecule has 2 heterocycles. The van der Waals surface area contributed by atoms with Crippen molar-refractivity contribution in [1.29, 1.82) is 0 Å². The van der Waals surface area contributed by atoms with Crippen LogP contribution in [-0.2, 0) is 14.3 Å². The standard InChI is InChI=1S/C11H10F6O3S/c1-19-7(18)4-21-5-8-3-2-6(20-8)9(12,13)10(8,14)11(15,16)17/h2-3,6H,4-5H2,1H3/t6-,8-,10?/m0/s1. The lowest BCUT2D eigenvalue weighted by Crippen LogP contribution is -2.66. The smallest absolute Gasteiger partial charge is 0.431 e. The zero-order valence-electron chi connectivity index (χ0n) is 10.5. The summed E-state index contributed by atoms with van der Waals surface area (Å²) in [7, 11) is 1.06. The highest BCUT2D eigenvalue weighted by molar-refractivity contribution is 8.00. The van der Waals surface area contributed by atoms with Gasteiger partial charge in [-0.05, 0) is 6.08 Å². The van der Waals surface area contributed by atoms with Crippen LogP contribution in [0.3, 0.4) is 0 Å². The fourth-order valence-corrected chi connectivity index (χ4v) is 3.43.